The van der Waals surface area contributed by atoms with Gasteiger partial charge in [0.25, 0.3) is 21.6 Å². The molecule has 0 spiro atoms. The molecule has 2 aromatic carbocycles. The van der Waals surface area contributed by atoms with Crippen molar-refractivity contribution in [2.24, 2.45) is 0 Å². The maximum absolute atomic E-state index is 13.3. The second-order valence-corrected chi connectivity index (χ2v) is 10.8. The van der Waals surface area contributed by atoms with Gasteiger partial charge in [0.15, 0.2) is 6.61 Å². The second kappa shape index (κ2) is 10.3. The zero-order valence-electron chi connectivity index (χ0n) is 18.3. The van der Waals surface area contributed by atoms with Gasteiger partial charge in [-0.2, -0.15) is 4.31 Å². The predicted molar refractivity (Wildman–Crippen MR) is 128 cm³/mol. The number of sulfonamides is 1. The summed E-state index contributed by atoms with van der Waals surface area (Å²) in [6.07, 6.45) is 0.260. The van der Waals surface area contributed by atoms with Gasteiger partial charge in [0.05, 0.1) is 17.4 Å². The molecule has 10 nitrogen and oxygen atoms in total. The Bertz CT molecular complexity index is 1340. The van der Waals surface area contributed by atoms with Crippen LogP contribution in [0.15, 0.2) is 70.3 Å². The van der Waals surface area contributed by atoms with Gasteiger partial charge in [-0.05, 0) is 41.1 Å². The van der Waals surface area contributed by atoms with Crippen molar-refractivity contribution < 1.29 is 27.7 Å². The number of carbonyl (C=O) groups excluding carboxylic acids is 2. The van der Waals surface area contributed by atoms with Gasteiger partial charge < -0.3 is 10.1 Å². The lowest BCUT2D eigenvalue weighted by molar-refractivity contribution is -0.384. The summed E-state index contributed by atoms with van der Waals surface area (Å²) >= 11 is 1.11. The number of carbonyl (C=O) groups is 2. The van der Waals surface area contributed by atoms with Gasteiger partial charge in [0.1, 0.15) is 4.21 Å². The molecule has 182 valence electrons. The number of hydrogen-bond donors (Lipinski definition) is 1. The Morgan fingerprint density at radius 3 is 2.54 bits per heavy atom. The largest absolute Gasteiger partial charge is 0.456 e. The van der Waals surface area contributed by atoms with E-state index in [9.17, 15) is 28.1 Å². The average Bonchev–Trinajstić information content (AvgIpc) is 3.39. The molecule has 1 N–H and O–H groups in total. The summed E-state index contributed by atoms with van der Waals surface area (Å²) in [7, 11) is -3.82. The van der Waals surface area contributed by atoms with Gasteiger partial charge in [-0.15, -0.1) is 11.3 Å². The fraction of sp³-hybridized carbons (Fsp3) is 0.217. The highest BCUT2D eigenvalue weighted by molar-refractivity contribution is 7.91. The van der Waals surface area contributed by atoms with Gasteiger partial charge in [-0.3, -0.25) is 19.7 Å². The van der Waals surface area contributed by atoms with Crippen molar-refractivity contribution in [3.05, 3.63) is 87.3 Å². The second-order valence-electron chi connectivity index (χ2n) is 7.73. The molecular formula is C23H21N3O7S2. The Balaban J connectivity index is 1.44. The lowest BCUT2D eigenvalue weighted by Gasteiger charge is -2.35. The molecule has 0 aliphatic carbocycles. The molecule has 2 heterocycles. The Labute approximate surface area is 205 Å². The number of amides is 1. The minimum Gasteiger partial charge on any atom is -0.456 e. The maximum atomic E-state index is 13.3. The fourth-order valence-corrected chi connectivity index (χ4v) is 6.61. The van der Waals surface area contributed by atoms with Crippen LogP contribution in [0.25, 0.3) is 0 Å². The van der Waals surface area contributed by atoms with Crippen molar-refractivity contribution in [3.63, 3.8) is 0 Å². The molecule has 0 fully saturated rings. The summed E-state index contributed by atoms with van der Waals surface area (Å²) in [5, 5.41) is 14.9. The first kappa shape index (κ1) is 24.5. The van der Waals surface area contributed by atoms with Crippen molar-refractivity contribution in [1.82, 2.24) is 4.31 Å². The lowest BCUT2D eigenvalue weighted by atomic mass is 9.92. The average molecular weight is 516 g/mol. The Hall–Kier alpha value is -3.61. The first-order valence-electron chi connectivity index (χ1n) is 10.6. The lowest BCUT2D eigenvalue weighted by Crippen LogP contribution is -2.41. The summed E-state index contributed by atoms with van der Waals surface area (Å²) in [5.41, 5.74) is 1.88. The van der Waals surface area contributed by atoms with Crippen LogP contribution in [0.1, 0.15) is 23.6 Å². The zero-order valence-corrected chi connectivity index (χ0v) is 20.0. The number of nitrogens with one attached hydrogen (secondary N) is 1. The van der Waals surface area contributed by atoms with E-state index in [2.05, 4.69) is 5.32 Å². The van der Waals surface area contributed by atoms with E-state index in [1.165, 1.54) is 34.6 Å². The van der Waals surface area contributed by atoms with Crippen LogP contribution in [0.4, 0.5) is 11.4 Å². The van der Waals surface area contributed by atoms with Crippen molar-refractivity contribution in [1.29, 1.82) is 0 Å². The third kappa shape index (κ3) is 5.56. The molecule has 3 aromatic rings. The van der Waals surface area contributed by atoms with Crippen LogP contribution < -0.4 is 5.32 Å². The molecule has 1 atom stereocenters. The third-order valence-corrected chi connectivity index (χ3v) is 8.79. The summed E-state index contributed by atoms with van der Waals surface area (Å²) in [5.74, 6) is -1.35. The SMILES string of the molecule is O=C(COC(=O)CC1c2ccccc2CCN1S(=O)(=O)c1cccs1)Nc1ccc([N+](=O)[O-])cc1. The number of non-ortho nitro benzene ring substituents is 1. The number of nitro groups is 1. The molecule has 0 saturated heterocycles. The number of benzene rings is 2. The van der Waals surface area contributed by atoms with Gasteiger partial charge in [0, 0.05) is 24.4 Å². The molecule has 1 aliphatic rings. The van der Waals surface area contributed by atoms with Gasteiger partial charge in [-0.1, -0.05) is 30.3 Å². The zero-order chi connectivity index (χ0) is 25.0. The Morgan fingerprint density at radius 1 is 1.11 bits per heavy atom. The Morgan fingerprint density at radius 2 is 1.86 bits per heavy atom. The number of nitrogens with zero attached hydrogens (tertiary/aromatic N) is 2. The van der Waals surface area contributed by atoms with Crippen LogP contribution in [-0.2, 0) is 30.8 Å². The van der Waals surface area contributed by atoms with Crippen molar-refractivity contribution >= 4 is 44.6 Å². The minimum atomic E-state index is -3.82. The van der Waals surface area contributed by atoms with Gasteiger partial charge >= 0.3 is 5.97 Å². The first-order chi connectivity index (χ1) is 16.8. The third-order valence-electron chi connectivity index (χ3n) is 5.51. The molecular weight excluding hydrogens is 494 g/mol. The topological polar surface area (TPSA) is 136 Å². The molecule has 0 bridgehead atoms. The van der Waals surface area contributed by atoms with E-state index in [1.807, 2.05) is 12.1 Å². The van der Waals surface area contributed by atoms with Crippen LogP contribution in [0.3, 0.4) is 0 Å². The highest BCUT2D eigenvalue weighted by Gasteiger charge is 2.38. The standard InChI is InChI=1S/C23H21N3O7S2/c27-21(24-17-7-9-18(10-8-17)26(29)30)15-33-22(28)14-20-19-5-2-1-4-16(19)11-12-25(20)35(31,32)23-6-3-13-34-23/h1-10,13,20H,11-12,14-15H2,(H,24,27). The predicted octanol–water partition coefficient (Wildman–Crippen LogP) is 3.52. The summed E-state index contributed by atoms with van der Waals surface area (Å²) in [6, 6.07) is 15.0. The van der Waals surface area contributed by atoms with Crippen LogP contribution in [0.2, 0.25) is 0 Å². The number of thiophene rings is 1. The summed E-state index contributed by atoms with van der Waals surface area (Å²) in [6.45, 7) is -0.363. The highest BCUT2D eigenvalue weighted by Crippen LogP contribution is 2.37. The quantitative estimate of drug-likeness (QED) is 0.275. The monoisotopic (exact) mass is 515 g/mol. The van der Waals surface area contributed by atoms with Crippen molar-refractivity contribution in [3.8, 4) is 0 Å². The molecule has 35 heavy (non-hydrogen) atoms. The van der Waals surface area contributed by atoms with E-state index in [1.54, 1.807) is 23.6 Å². The van der Waals surface area contributed by atoms with Crippen LogP contribution in [0, 0.1) is 10.1 Å². The van der Waals surface area contributed by atoms with E-state index < -0.39 is 39.5 Å². The van der Waals surface area contributed by atoms with Crippen LogP contribution in [-0.4, -0.2) is 42.7 Å². The van der Waals surface area contributed by atoms with E-state index in [-0.39, 0.29) is 22.9 Å². The van der Waals surface area contributed by atoms with Gasteiger partial charge in [0.2, 0.25) is 0 Å². The van der Waals surface area contributed by atoms with E-state index in [0.717, 1.165) is 22.5 Å². The number of esters is 1. The van der Waals surface area contributed by atoms with Crippen molar-refractivity contribution in [2.45, 2.75) is 23.1 Å². The Kier molecular flexibility index (Phi) is 7.24. The van der Waals surface area contributed by atoms with E-state index >= 15 is 0 Å². The molecule has 1 unspecified atom stereocenters. The molecule has 1 aliphatic heterocycles. The number of nitro benzene ring substituents is 1. The maximum Gasteiger partial charge on any atom is 0.308 e. The number of fused-ring (bicyclic) bond motifs is 1. The smallest absolute Gasteiger partial charge is 0.308 e. The van der Waals surface area contributed by atoms with E-state index in [0.29, 0.717) is 12.1 Å². The molecule has 12 heteroatoms. The van der Waals surface area contributed by atoms with Gasteiger partial charge in [-0.25, -0.2) is 8.42 Å². The highest BCUT2D eigenvalue weighted by atomic mass is 32.2. The fourth-order valence-electron chi connectivity index (χ4n) is 3.88. The first-order valence-corrected chi connectivity index (χ1v) is 12.9. The number of anilines is 1. The minimum absolute atomic E-state index is 0.121. The molecule has 0 radical (unpaired) electrons. The molecule has 1 amide bonds. The number of rotatable bonds is 8. The van der Waals surface area contributed by atoms with E-state index in [4.69, 9.17) is 4.74 Å². The van der Waals surface area contributed by atoms with Crippen molar-refractivity contribution in [2.75, 3.05) is 18.5 Å². The van der Waals surface area contributed by atoms with Crippen LogP contribution in [0.5, 0.6) is 0 Å². The molecule has 0 saturated carbocycles. The van der Waals surface area contributed by atoms with Crippen LogP contribution >= 0.6 is 11.3 Å². The summed E-state index contributed by atoms with van der Waals surface area (Å²) < 4.78 is 33.2. The number of hydrogen-bond acceptors (Lipinski definition) is 8. The normalized spacial score (nSPS) is 15.7. The summed E-state index contributed by atoms with van der Waals surface area (Å²) in [4.78, 5) is 35.0. The number of ether oxygens (including phenoxy) is 1. The molecule has 4 rings (SSSR count). The molecule has 1 aromatic heterocycles.